The first-order chi connectivity index (χ1) is 3.80. The minimum absolute atomic E-state index is 0. The summed E-state index contributed by atoms with van der Waals surface area (Å²) in [5.41, 5.74) is -0.451. The Balaban J connectivity index is 0. The van der Waals surface area contributed by atoms with Gasteiger partial charge in [0.2, 0.25) is 0 Å². The number of H-pyrrole nitrogens is 1. The fraction of sp³-hybridized carbons (Fsp3) is 0. The van der Waals surface area contributed by atoms with Crippen molar-refractivity contribution in [3.05, 3.63) is 28.7 Å². The van der Waals surface area contributed by atoms with E-state index in [1.807, 2.05) is 0 Å². The van der Waals surface area contributed by atoms with Crippen LogP contribution in [-0.2, 0) is 0 Å². The molecule has 0 saturated heterocycles. The number of nitrogens with one attached hydrogen (secondary N) is 1. The maximum absolute atomic E-state index is 10.3. The minimum Gasteiger partial charge on any atom is -1.00 e. The van der Waals surface area contributed by atoms with Crippen LogP contribution in [0.5, 0.6) is 5.75 Å². The van der Waals surface area contributed by atoms with Gasteiger partial charge in [-0.25, -0.2) is 0 Å². The average molecular weight is 135 g/mol. The van der Waals surface area contributed by atoms with Crippen molar-refractivity contribution in [2.24, 2.45) is 0 Å². The van der Waals surface area contributed by atoms with Crippen molar-refractivity contribution >= 4 is 0 Å². The van der Waals surface area contributed by atoms with Gasteiger partial charge in [0.25, 0.3) is 5.56 Å². The molecule has 0 radical (unpaired) electrons. The molecule has 0 aliphatic carbocycles. The van der Waals surface area contributed by atoms with Crippen LogP contribution in [0.1, 0.15) is 1.43 Å². The molecule has 1 aromatic heterocycles. The Morgan fingerprint density at radius 3 is 2.67 bits per heavy atom. The largest absolute Gasteiger partial charge is 1.00 e. The Morgan fingerprint density at radius 1 is 1.67 bits per heavy atom. The van der Waals surface area contributed by atoms with Crippen molar-refractivity contribution in [3.63, 3.8) is 0 Å². The maximum Gasteiger partial charge on any atom is 1.00 e. The minimum atomic E-state index is -0.451. The summed E-state index contributed by atoms with van der Waals surface area (Å²) in [7, 11) is 0. The molecule has 0 fully saturated rings. The molecule has 4 heteroatoms. The second kappa shape index (κ2) is 3.71. The summed E-state index contributed by atoms with van der Waals surface area (Å²) in [5.74, 6) is -0.243. The molecule has 1 rings (SSSR count). The van der Waals surface area contributed by atoms with Gasteiger partial charge in [0.1, 0.15) is 0 Å². The monoisotopic (exact) mass is 135 g/mol. The van der Waals surface area contributed by atoms with Crippen molar-refractivity contribution in [2.75, 3.05) is 0 Å². The molecule has 2 N–H and O–H groups in total. The Bertz CT molecular complexity index is 237. The molecule has 1 heterocycles. The van der Waals surface area contributed by atoms with Gasteiger partial charge >= 0.3 is 29.6 Å². The molecule has 0 atom stereocenters. The molecule has 44 valence electrons. The van der Waals surface area contributed by atoms with Gasteiger partial charge in [-0.2, -0.15) is 0 Å². The van der Waals surface area contributed by atoms with E-state index in [2.05, 4.69) is 4.98 Å². The normalized spacial score (nSPS) is 8.00. The van der Waals surface area contributed by atoms with Crippen molar-refractivity contribution in [2.45, 2.75) is 0 Å². The number of aromatic hydroxyl groups is 1. The number of aromatic nitrogens is 1. The Hall–Kier alpha value is -0.250. The summed E-state index contributed by atoms with van der Waals surface area (Å²) in [6, 6.07) is 2.88. The zero-order valence-corrected chi connectivity index (χ0v) is 7.09. The van der Waals surface area contributed by atoms with Crippen LogP contribution >= 0.6 is 0 Å². The summed E-state index contributed by atoms with van der Waals surface area (Å²) in [6.07, 6.45) is 1.46. The summed E-state index contributed by atoms with van der Waals surface area (Å²) < 4.78 is 0. The van der Waals surface area contributed by atoms with E-state index in [1.165, 1.54) is 12.3 Å². The van der Waals surface area contributed by atoms with Gasteiger partial charge in [-0.3, -0.25) is 4.79 Å². The molecular formula is C5H6NNaO2. The predicted octanol–water partition coefficient (Wildman–Crippen LogP) is -2.80. The molecule has 3 nitrogen and oxygen atoms in total. The van der Waals surface area contributed by atoms with Gasteiger partial charge < -0.3 is 11.5 Å². The molecule has 0 saturated carbocycles. The van der Waals surface area contributed by atoms with E-state index < -0.39 is 5.56 Å². The molecule has 0 spiro atoms. The average Bonchev–Trinajstić information content (AvgIpc) is 1.77. The van der Waals surface area contributed by atoms with Gasteiger partial charge in [-0.15, -0.1) is 0 Å². The second-order valence-corrected chi connectivity index (χ2v) is 1.38. The number of pyridine rings is 1. The Kier molecular flexibility index (Phi) is 3.61. The number of hydrogen-bond donors (Lipinski definition) is 2. The van der Waals surface area contributed by atoms with Gasteiger partial charge in [0.15, 0.2) is 5.75 Å². The van der Waals surface area contributed by atoms with Gasteiger partial charge in [-0.05, 0) is 12.1 Å². The van der Waals surface area contributed by atoms with Crippen LogP contribution in [0.15, 0.2) is 23.1 Å². The zero-order chi connectivity index (χ0) is 5.98. The topological polar surface area (TPSA) is 53.1 Å². The third kappa shape index (κ3) is 2.22. The van der Waals surface area contributed by atoms with E-state index in [1.54, 1.807) is 6.07 Å². The van der Waals surface area contributed by atoms with Crippen molar-refractivity contribution in [1.29, 1.82) is 0 Å². The second-order valence-electron chi connectivity index (χ2n) is 1.38. The molecule has 0 aliphatic rings. The number of aromatic amines is 1. The first-order valence-electron chi connectivity index (χ1n) is 2.17. The first kappa shape index (κ1) is 8.75. The number of hydrogen-bond acceptors (Lipinski definition) is 2. The van der Waals surface area contributed by atoms with Crippen LogP contribution in [0, 0.1) is 0 Å². The van der Waals surface area contributed by atoms with Gasteiger partial charge in [0.05, 0.1) is 0 Å². The van der Waals surface area contributed by atoms with E-state index in [0.717, 1.165) is 0 Å². The first-order valence-corrected chi connectivity index (χ1v) is 2.17. The van der Waals surface area contributed by atoms with Gasteiger partial charge in [0, 0.05) is 6.20 Å². The van der Waals surface area contributed by atoms with E-state index in [-0.39, 0.29) is 36.7 Å². The summed E-state index contributed by atoms with van der Waals surface area (Å²) >= 11 is 0. The molecule has 0 aromatic carbocycles. The van der Waals surface area contributed by atoms with Crippen molar-refractivity contribution < 1.29 is 36.1 Å². The quantitative estimate of drug-likeness (QED) is 0.377. The van der Waals surface area contributed by atoms with Gasteiger partial charge in [-0.1, -0.05) is 0 Å². The van der Waals surface area contributed by atoms with Crippen LogP contribution < -0.4 is 35.1 Å². The fourth-order valence-corrected chi connectivity index (χ4v) is 0.413. The molecule has 0 unspecified atom stereocenters. The van der Waals surface area contributed by atoms with E-state index in [4.69, 9.17) is 5.11 Å². The molecular weight excluding hydrogens is 129 g/mol. The molecule has 1 aromatic rings. The van der Waals surface area contributed by atoms with Crippen LogP contribution in [0.2, 0.25) is 0 Å². The predicted molar refractivity (Wildman–Crippen MR) is 29.8 cm³/mol. The number of rotatable bonds is 0. The Morgan fingerprint density at radius 2 is 2.33 bits per heavy atom. The Labute approximate surface area is 75.5 Å². The zero-order valence-electron chi connectivity index (χ0n) is 6.09. The fourth-order valence-electron chi connectivity index (χ4n) is 0.413. The standard InChI is InChI=1S/C5H5NO2.Na.H/c7-4-2-1-3-6-5(4)8;;/h1-3,7H,(H,6,8);;/q;+1;-1. The van der Waals surface area contributed by atoms with Crippen LogP contribution in [0.25, 0.3) is 0 Å². The van der Waals surface area contributed by atoms with Crippen LogP contribution in [-0.4, -0.2) is 10.1 Å². The van der Waals surface area contributed by atoms with Crippen LogP contribution in [0.3, 0.4) is 0 Å². The molecule has 0 amide bonds. The van der Waals surface area contributed by atoms with E-state index >= 15 is 0 Å². The molecule has 9 heavy (non-hydrogen) atoms. The third-order valence-corrected chi connectivity index (χ3v) is 0.797. The van der Waals surface area contributed by atoms with Crippen LogP contribution in [0.4, 0.5) is 0 Å². The maximum atomic E-state index is 10.3. The van der Waals surface area contributed by atoms with Crippen molar-refractivity contribution in [3.8, 4) is 5.75 Å². The molecule has 0 aliphatic heterocycles. The smallest absolute Gasteiger partial charge is 1.00 e. The summed E-state index contributed by atoms with van der Waals surface area (Å²) in [4.78, 5) is 12.6. The van der Waals surface area contributed by atoms with Crippen molar-refractivity contribution in [1.82, 2.24) is 4.98 Å². The SMILES string of the molecule is O=c1[nH]cccc1O.[H-].[Na+]. The third-order valence-electron chi connectivity index (χ3n) is 0.797. The molecule has 0 bridgehead atoms. The summed E-state index contributed by atoms with van der Waals surface area (Å²) in [5, 5.41) is 8.58. The van der Waals surface area contributed by atoms with E-state index in [0.29, 0.717) is 0 Å². The summed E-state index contributed by atoms with van der Waals surface area (Å²) in [6.45, 7) is 0. The van der Waals surface area contributed by atoms with E-state index in [9.17, 15) is 4.79 Å².